The molecular formula is C10H18N6. The second kappa shape index (κ2) is 3.93. The average molecular weight is 222 g/mol. The van der Waals surface area contributed by atoms with E-state index in [4.69, 9.17) is 5.73 Å². The molecule has 0 saturated carbocycles. The van der Waals surface area contributed by atoms with Crippen LogP contribution in [-0.4, -0.2) is 52.3 Å². The molecule has 1 aromatic rings. The van der Waals surface area contributed by atoms with E-state index in [-0.39, 0.29) is 0 Å². The van der Waals surface area contributed by atoms with Gasteiger partial charge in [-0.1, -0.05) is 0 Å². The third-order valence-corrected chi connectivity index (χ3v) is 3.58. The highest BCUT2D eigenvalue weighted by Crippen LogP contribution is 2.23. The normalized spacial score (nSPS) is 26.8. The zero-order chi connectivity index (χ0) is 11.0. The van der Waals surface area contributed by atoms with Crippen molar-refractivity contribution in [2.24, 2.45) is 0 Å². The zero-order valence-corrected chi connectivity index (χ0v) is 9.39. The number of anilines is 2. The predicted octanol–water partition coefficient (Wildman–Crippen LogP) is 0.0614. The van der Waals surface area contributed by atoms with Crippen LogP contribution < -0.4 is 10.6 Å². The Hall–Kier alpha value is -1.30. The average Bonchev–Trinajstić information content (AvgIpc) is 2.83. The summed E-state index contributed by atoms with van der Waals surface area (Å²) in [7, 11) is 0. The van der Waals surface area contributed by atoms with Crippen LogP contribution in [0, 0.1) is 0 Å². The van der Waals surface area contributed by atoms with E-state index in [1.807, 2.05) is 0 Å². The first-order chi connectivity index (χ1) is 7.83. The molecule has 0 aliphatic carbocycles. The van der Waals surface area contributed by atoms with Gasteiger partial charge in [-0.25, -0.2) is 5.10 Å². The van der Waals surface area contributed by atoms with Crippen LogP contribution >= 0.6 is 0 Å². The Morgan fingerprint density at radius 3 is 2.94 bits per heavy atom. The standard InChI is InChI=1S/C10H18N6/c11-9-12-10(14-13-9)16-6-2-5-15-4-1-3-8(15)7-16/h8H,1-7H2,(H3,11,12,13,14). The number of H-pyrrole nitrogens is 1. The molecule has 0 radical (unpaired) electrons. The molecule has 0 amide bonds. The smallest absolute Gasteiger partial charge is 0.246 e. The summed E-state index contributed by atoms with van der Waals surface area (Å²) in [6.45, 7) is 4.54. The van der Waals surface area contributed by atoms with Crippen LogP contribution in [0.15, 0.2) is 0 Å². The van der Waals surface area contributed by atoms with Gasteiger partial charge in [0.25, 0.3) is 0 Å². The number of nitrogen functional groups attached to an aromatic ring is 1. The molecule has 2 fully saturated rings. The molecule has 0 aromatic carbocycles. The van der Waals surface area contributed by atoms with Crippen molar-refractivity contribution in [3.05, 3.63) is 0 Å². The van der Waals surface area contributed by atoms with Crippen LogP contribution in [0.4, 0.5) is 11.9 Å². The Labute approximate surface area is 94.8 Å². The molecule has 6 nitrogen and oxygen atoms in total. The molecule has 0 bridgehead atoms. The minimum atomic E-state index is 0.405. The lowest BCUT2D eigenvalue weighted by Crippen LogP contribution is -2.37. The topological polar surface area (TPSA) is 74.1 Å². The highest BCUT2D eigenvalue weighted by atomic mass is 15.4. The quantitative estimate of drug-likeness (QED) is 0.703. The van der Waals surface area contributed by atoms with Crippen molar-refractivity contribution >= 4 is 11.9 Å². The summed E-state index contributed by atoms with van der Waals surface area (Å²) in [4.78, 5) is 9.05. The molecule has 2 aliphatic rings. The molecule has 0 spiro atoms. The van der Waals surface area contributed by atoms with Gasteiger partial charge < -0.3 is 10.6 Å². The Morgan fingerprint density at radius 2 is 2.12 bits per heavy atom. The molecule has 3 N–H and O–H groups in total. The number of aromatic amines is 1. The molecule has 3 rings (SSSR count). The van der Waals surface area contributed by atoms with Gasteiger partial charge in [-0.2, -0.15) is 4.98 Å². The van der Waals surface area contributed by atoms with Crippen molar-refractivity contribution < 1.29 is 0 Å². The minimum Gasteiger partial charge on any atom is -0.368 e. The predicted molar refractivity (Wildman–Crippen MR) is 62.2 cm³/mol. The van der Waals surface area contributed by atoms with Gasteiger partial charge in [0.1, 0.15) is 0 Å². The van der Waals surface area contributed by atoms with Gasteiger partial charge in [0.05, 0.1) is 0 Å². The maximum absolute atomic E-state index is 5.56. The highest BCUT2D eigenvalue weighted by Gasteiger charge is 2.29. The number of rotatable bonds is 1. The molecule has 2 aliphatic heterocycles. The highest BCUT2D eigenvalue weighted by molar-refractivity contribution is 5.34. The summed E-state index contributed by atoms with van der Waals surface area (Å²) in [5.41, 5.74) is 5.56. The van der Waals surface area contributed by atoms with E-state index in [1.54, 1.807) is 0 Å². The lowest BCUT2D eigenvalue weighted by atomic mass is 10.2. The van der Waals surface area contributed by atoms with Crippen LogP contribution in [-0.2, 0) is 0 Å². The van der Waals surface area contributed by atoms with Gasteiger partial charge >= 0.3 is 0 Å². The maximum Gasteiger partial charge on any atom is 0.246 e. The molecular weight excluding hydrogens is 204 g/mol. The first kappa shape index (κ1) is 9.89. The summed E-state index contributed by atoms with van der Waals surface area (Å²) in [6.07, 6.45) is 3.82. The summed E-state index contributed by atoms with van der Waals surface area (Å²) < 4.78 is 0. The fraction of sp³-hybridized carbons (Fsp3) is 0.800. The van der Waals surface area contributed by atoms with Crippen molar-refractivity contribution in [3.63, 3.8) is 0 Å². The number of fused-ring (bicyclic) bond motifs is 1. The lowest BCUT2D eigenvalue weighted by Gasteiger charge is -2.24. The molecule has 1 aromatic heterocycles. The largest absolute Gasteiger partial charge is 0.368 e. The molecule has 88 valence electrons. The van der Waals surface area contributed by atoms with Crippen molar-refractivity contribution in [3.8, 4) is 0 Å². The van der Waals surface area contributed by atoms with Crippen LogP contribution in [0.5, 0.6) is 0 Å². The molecule has 1 atom stereocenters. The van der Waals surface area contributed by atoms with Crippen molar-refractivity contribution in [1.29, 1.82) is 0 Å². The number of hydrogen-bond donors (Lipinski definition) is 2. The van der Waals surface area contributed by atoms with E-state index >= 15 is 0 Å². The number of aromatic nitrogens is 3. The number of nitrogens with two attached hydrogens (primary N) is 1. The second-order valence-corrected chi connectivity index (χ2v) is 4.65. The maximum atomic E-state index is 5.56. The van der Waals surface area contributed by atoms with Gasteiger partial charge in [0.2, 0.25) is 11.9 Å². The first-order valence-electron chi connectivity index (χ1n) is 6.00. The summed E-state index contributed by atoms with van der Waals surface area (Å²) in [5.74, 6) is 1.16. The van der Waals surface area contributed by atoms with Gasteiger partial charge in [-0.15, -0.1) is 5.10 Å². The lowest BCUT2D eigenvalue weighted by molar-refractivity contribution is 0.273. The van der Waals surface area contributed by atoms with E-state index in [0.29, 0.717) is 12.0 Å². The van der Waals surface area contributed by atoms with E-state index in [0.717, 1.165) is 19.0 Å². The zero-order valence-electron chi connectivity index (χ0n) is 9.39. The van der Waals surface area contributed by atoms with Crippen LogP contribution in [0.3, 0.4) is 0 Å². The van der Waals surface area contributed by atoms with Crippen molar-refractivity contribution in [1.82, 2.24) is 20.1 Å². The van der Waals surface area contributed by atoms with Gasteiger partial charge in [-0.3, -0.25) is 4.90 Å². The molecule has 3 heterocycles. The van der Waals surface area contributed by atoms with Crippen LogP contribution in [0.1, 0.15) is 19.3 Å². The summed E-state index contributed by atoms with van der Waals surface area (Å²) in [5, 5.41) is 6.85. The van der Waals surface area contributed by atoms with Gasteiger partial charge in [0, 0.05) is 25.7 Å². The Balaban J connectivity index is 1.76. The fourth-order valence-corrected chi connectivity index (χ4v) is 2.79. The Morgan fingerprint density at radius 1 is 1.25 bits per heavy atom. The van der Waals surface area contributed by atoms with Gasteiger partial charge in [0.15, 0.2) is 0 Å². The van der Waals surface area contributed by atoms with E-state index in [9.17, 15) is 0 Å². The number of nitrogens with zero attached hydrogens (tertiary/aromatic N) is 4. The fourth-order valence-electron chi connectivity index (χ4n) is 2.79. The van der Waals surface area contributed by atoms with E-state index in [2.05, 4.69) is 25.0 Å². The molecule has 1 unspecified atom stereocenters. The van der Waals surface area contributed by atoms with Crippen LogP contribution in [0.2, 0.25) is 0 Å². The summed E-state index contributed by atoms with van der Waals surface area (Å²) in [6, 6.07) is 0.683. The van der Waals surface area contributed by atoms with Crippen molar-refractivity contribution in [2.75, 3.05) is 36.8 Å². The second-order valence-electron chi connectivity index (χ2n) is 4.65. The first-order valence-corrected chi connectivity index (χ1v) is 6.00. The van der Waals surface area contributed by atoms with Crippen molar-refractivity contribution in [2.45, 2.75) is 25.3 Å². The number of nitrogens with one attached hydrogen (secondary N) is 1. The molecule has 6 heteroatoms. The monoisotopic (exact) mass is 222 g/mol. The number of hydrogen-bond acceptors (Lipinski definition) is 5. The van der Waals surface area contributed by atoms with Crippen LogP contribution in [0.25, 0.3) is 0 Å². The minimum absolute atomic E-state index is 0.405. The van der Waals surface area contributed by atoms with Gasteiger partial charge in [-0.05, 0) is 25.8 Å². The SMILES string of the molecule is Nc1nc(N2CCCN3CCCC3C2)n[nH]1. The third-order valence-electron chi connectivity index (χ3n) is 3.58. The van der Waals surface area contributed by atoms with E-state index in [1.165, 1.54) is 32.4 Å². The Bertz CT molecular complexity index is 362. The third kappa shape index (κ3) is 1.73. The summed E-state index contributed by atoms with van der Waals surface area (Å²) >= 11 is 0. The van der Waals surface area contributed by atoms with E-state index < -0.39 is 0 Å². The molecule has 2 saturated heterocycles. The Kier molecular flexibility index (Phi) is 2.43. The molecule has 16 heavy (non-hydrogen) atoms.